The van der Waals surface area contributed by atoms with Gasteiger partial charge in [-0.3, -0.25) is 4.79 Å². The topological polar surface area (TPSA) is 99.9 Å². The van der Waals surface area contributed by atoms with Crippen molar-refractivity contribution in [3.05, 3.63) is 11.6 Å². The minimum absolute atomic E-state index is 0.0459. The molecule has 3 N–H and O–H groups in total. The molecule has 5 atom stereocenters. The average molecular weight is 432 g/mol. The Morgan fingerprint density at radius 2 is 1.96 bits per heavy atom. The van der Waals surface area contributed by atoms with Crippen LogP contribution in [-0.2, 0) is 9.53 Å². The van der Waals surface area contributed by atoms with Crippen LogP contribution in [-0.4, -0.2) is 57.4 Å². The Kier molecular flexibility index (Phi) is 10.8. The van der Waals surface area contributed by atoms with Crippen molar-refractivity contribution in [2.24, 2.45) is 11.8 Å². The number of aliphatic hydroxyl groups is 3. The normalized spacial score (nSPS) is 25.7. The van der Waals surface area contributed by atoms with E-state index in [0.29, 0.717) is 25.0 Å². The molecule has 0 aromatic carbocycles. The highest BCUT2D eigenvalue weighted by Crippen LogP contribution is 2.39. The minimum Gasteiger partial charge on any atom is -0.469 e. The van der Waals surface area contributed by atoms with Crippen LogP contribution in [0.15, 0.2) is 15.9 Å². The third-order valence-corrected chi connectivity index (χ3v) is 7.67. The Labute approximate surface area is 175 Å². The zero-order chi connectivity index (χ0) is 20.4. The lowest BCUT2D eigenvalue weighted by Gasteiger charge is -2.24. The lowest BCUT2D eigenvalue weighted by molar-refractivity contribution is -0.140. The summed E-state index contributed by atoms with van der Waals surface area (Å²) in [5, 5.41) is 32.9. The summed E-state index contributed by atoms with van der Waals surface area (Å²) in [5.74, 6) is 0.573. The number of thiazole rings is 1. The number of aromatic nitrogens is 1. The number of rotatable bonds is 13. The fraction of sp³-hybridized carbons (Fsp3) is 0.800. The van der Waals surface area contributed by atoms with Gasteiger partial charge in [0.2, 0.25) is 0 Å². The number of carbonyl (C=O) groups excluding carboxylic acids is 1. The standard InChI is InChI=1S/C20H33NO5S2/c1-26-19(25)7-5-3-2-4-6-15-16(18(24)12-17(15)23)9-8-14(22)13-28-20-21-10-11-27-20/h10-11,14-18,22-24H,2-9,12-13H2,1H3/t14?,15-,16-,17+,18-/m1/s1. The van der Waals surface area contributed by atoms with Gasteiger partial charge in [0.15, 0.2) is 0 Å². The third kappa shape index (κ3) is 7.99. The monoisotopic (exact) mass is 431 g/mol. The van der Waals surface area contributed by atoms with Crippen LogP contribution in [0.1, 0.15) is 57.8 Å². The van der Waals surface area contributed by atoms with Crippen molar-refractivity contribution in [3.8, 4) is 0 Å². The number of esters is 1. The molecule has 1 aromatic heterocycles. The largest absolute Gasteiger partial charge is 0.469 e. The molecule has 1 saturated carbocycles. The van der Waals surface area contributed by atoms with E-state index in [2.05, 4.69) is 9.72 Å². The summed E-state index contributed by atoms with van der Waals surface area (Å²) < 4.78 is 5.60. The summed E-state index contributed by atoms with van der Waals surface area (Å²) in [4.78, 5) is 15.3. The molecule has 0 saturated heterocycles. The predicted molar refractivity (Wildman–Crippen MR) is 111 cm³/mol. The number of nitrogens with zero attached hydrogens (tertiary/aromatic N) is 1. The van der Waals surface area contributed by atoms with Crippen molar-refractivity contribution < 1.29 is 24.9 Å². The van der Waals surface area contributed by atoms with Gasteiger partial charge in [0.25, 0.3) is 0 Å². The number of hydrogen-bond donors (Lipinski definition) is 3. The number of methoxy groups -OCH3 is 1. The van der Waals surface area contributed by atoms with E-state index in [1.54, 1.807) is 29.3 Å². The van der Waals surface area contributed by atoms with E-state index in [4.69, 9.17) is 0 Å². The second kappa shape index (κ2) is 12.8. The SMILES string of the molecule is COC(=O)CCCCCC[C@@H]1[C@@H](CCC(O)CSc2nccs2)[C@H](O)C[C@@H]1O. The van der Waals surface area contributed by atoms with Crippen LogP contribution in [0.2, 0.25) is 0 Å². The first-order valence-corrected chi connectivity index (χ1v) is 12.0. The van der Waals surface area contributed by atoms with E-state index < -0.39 is 18.3 Å². The summed E-state index contributed by atoms with van der Waals surface area (Å²) >= 11 is 3.13. The molecule has 1 fully saturated rings. The Bertz CT molecular complexity index is 557. The van der Waals surface area contributed by atoms with E-state index in [1.165, 1.54) is 7.11 Å². The number of unbranched alkanes of at least 4 members (excludes halogenated alkanes) is 3. The lowest BCUT2D eigenvalue weighted by Crippen LogP contribution is -2.24. The zero-order valence-electron chi connectivity index (χ0n) is 16.5. The Hall–Kier alpha value is -0.670. The van der Waals surface area contributed by atoms with E-state index in [9.17, 15) is 20.1 Å². The van der Waals surface area contributed by atoms with Gasteiger partial charge in [0.1, 0.15) is 4.34 Å². The van der Waals surface area contributed by atoms with Gasteiger partial charge in [0.05, 0.1) is 25.4 Å². The van der Waals surface area contributed by atoms with Gasteiger partial charge < -0.3 is 20.1 Å². The van der Waals surface area contributed by atoms with E-state index in [0.717, 1.165) is 42.9 Å². The highest BCUT2D eigenvalue weighted by Gasteiger charge is 2.40. The molecule has 1 heterocycles. The number of thioether (sulfide) groups is 1. The van der Waals surface area contributed by atoms with E-state index >= 15 is 0 Å². The Balaban J connectivity index is 1.66. The molecule has 1 aromatic rings. The second-order valence-corrected chi connectivity index (χ2v) is 9.73. The molecule has 0 amide bonds. The Morgan fingerprint density at radius 1 is 1.25 bits per heavy atom. The first kappa shape index (κ1) is 23.6. The van der Waals surface area contributed by atoms with Crippen molar-refractivity contribution >= 4 is 29.1 Å². The maximum absolute atomic E-state index is 11.1. The summed E-state index contributed by atoms with van der Waals surface area (Å²) in [7, 11) is 1.41. The number of carbonyl (C=O) groups is 1. The van der Waals surface area contributed by atoms with Gasteiger partial charge in [-0.25, -0.2) is 4.98 Å². The summed E-state index contributed by atoms with van der Waals surface area (Å²) in [6, 6.07) is 0. The lowest BCUT2D eigenvalue weighted by atomic mass is 9.85. The molecule has 2 rings (SSSR count). The quantitative estimate of drug-likeness (QED) is 0.250. The highest BCUT2D eigenvalue weighted by atomic mass is 32.2. The number of hydrogen-bond acceptors (Lipinski definition) is 8. The molecule has 1 aliphatic rings. The van der Waals surface area contributed by atoms with E-state index in [-0.39, 0.29) is 17.8 Å². The van der Waals surface area contributed by atoms with Crippen LogP contribution in [0.25, 0.3) is 0 Å². The number of aliphatic hydroxyl groups excluding tert-OH is 3. The third-order valence-electron chi connectivity index (χ3n) is 5.56. The van der Waals surface area contributed by atoms with Gasteiger partial charge in [-0.05, 0) is 43.9 Å². The second-order valence-electron chi connectivity index (χ2n) is 7.57. The van der Waals surface area contributed by atoms with Crippen LogP contribution in [0, 0.1) is 11.8 Å². The molecule has 1 aliphatic carbocycles. The molecular formula is C20H33NO5S2. The maximum atomic E-state index is 11.1. The smallest absolute Gasteiger partial charge is 0.305 e. The summed E-state index contributed by atoms with van der Waals surface area (Å²) in [5.41, 5.74) is 0. The maximum Gasteiger partial charge on any atom is 0.305 e. The van der Waals surface area contributed by atoms with Crippen LogP contribution in [0.3, 0.4) is 0 Å². The zero-order valence-corrected chi connectivity index (χ0v) is 18.2. The van der Waals surface area contributed by atoms with Crippen LogP contribution >= 0.6 is 23.1 Å². The van der Waals surface area contributed by atoms with Gasteiger partial charge in [-0.15, -0.1) is 11.3 Å². The fourth-order valence-electron chi connectivity index (χ4n) is 4.00. The van der Waals surface area contributed by atoms with Gasteiger partial charge in [-0.1, -0.05) is 31.0 Å². The molecule has 8 heteroatoms. The fourth-order valence-corrected chi connectivity index (χ4v) is 5.64. The molecule has 28 heavy (non-hydrogen) atoms. The first-order chi connectivity index (χ1) is 13.5. The molecule has 1 unspecified atom stereocenters. The van der Waals surface area contributed by atoms with Gasteiger partial charge in [-0.2, -0.15) is 0 Å². The molecule has 0 bridgehead atoms. The van der Waals surface area contributed by atoms with Crippen molar-refractivity contribution in [1.29, 1.82) is 0 Å². The van der Waals surface area contributed by atoms with Crippen LogP contribution in [0.4, 0.5) is 0 Å². The van der Waals surface area contributed by atoms with E-state index in [1.807, 2.05) is 5.38 Å². The predicted octanol–water partition coefficient (Wildman–Crippen LogP) is 3.25. The Morgan fingerprint density at radius 3 is 2.64 bits per heavy atom. The summed E-state index contributed by atoms with van der Waals surface area (Å²) in [6.07, 6.45) is 7.29. The number of ether oxygens (including phenoxy) is 1. The van der Waals surface area contributed by atoms with Crippen molar-refractivity contribution in [2.45, 2.75) is 80.4 Å². The van der Waals surface area contributed by atoms with Crippen LogP contribution in [0.5, 0.6) is 0 Å². The molecule has 0 radical (unpaired) electrons. The first-order valence-electron chi connectivity index (χ1n) is 10.1. The molecule has 0 spiro atoms. The van der Waals surface area contributed by atoms with Crippen molar-refractivity contribution in [3.63, 3.8) is 0 Å². The molecule has 6 nitrogen and oxygen atoms in total. The average Bonchev–Trinajstić information content (AvgIpc) is 3.29. The summed E-state index contributed by atoms with van der Waals surface area (Å²) in [6.45, 7) is 0. The molecule has 160 valence electrons. The van der Waals surface area contributed by atoms with Gasteiger partial charge in [0, 0.05) is 23.8 Å². The van der Waals surface area contributed by atoms with Crippen LogP contribution < -0.4 is 0 Å². The minimum atomic E-state index is -0.488. The highest BCUT2D eigenvalue weighted by molar-refractivity contribution is 8.01. The van der Waals surface area contributed by atoms with Gasteiger partial charge >= 0.3 is 5.97 Å². The molecule has 0 aliphatic heterocycles. The van der Waals surface area contributed by atoms with Crippen molar-refractivity contribution in [2.75, 3.05) is 12.9 Å². The van der Waals surface area contributed by atoms with Crippen molar-refractivity contribution in [1.82, 2.24) is 4.98 Å². The molecular weight excluding hydrogens is 398 g/mol.